The molecule has 12 aromatic rings. The molecule has 0 saturated carbocycles. The number of para-hydroxylation sites is 1. The lowest BCUT2D eigenvalue weighted by molar-refractivity contribution is 0.669. The fraction of sp³-hybridized carbons (Fsp3) is 0. The van der Waals surface area contributed by atoms with Crippen LogP contribution in [0.2, 0.25) is 0 Å². The number of thiophene rings is 2. The van der Waals surface area contributed by atoms with Gasteiger partial charge in [0.2, 0.25) is 0 Å². The quantitative estimate of drug-likeness (QED) is 0.167. The van der Waals surface area contributed by atoms with Crippen LogP contribution in [0.15, 0.2) is 205 Å². The molecule has 4 heteroatoms. The fourth-order valence-electron chi connectivity index (χ4n) is 8.83. The maximum atomic E-state index is 6.36. The first-order chi connectivity index (χ1) is 28.8. The number of fused-ring (bicyclic) bond motifs is 9. The van der Waals surface area contributed by atoms with Crippen molar-refractivity contribution in [3.8, 4) is 33.4 Å². The van der Waals surface area contributed by atoms with E-state index in [1.165, 1.54) is 73.7 Å². The Morgan fingerprint density at radius 1 is 0.345 bits per heavy atom. The van der Waals surface area contributed by atoms with Gasteiger partial charge in [0, 0.05) is 62.5 Å². The first-order valence-corrected chi connectivity index (χ1v) is 21.2. The number of nitrogens with zero attached hydrogens (tertiary/aromatic N) is 1. The van der Waals surface area contributed by atoms with Crippen molar-refractivity contribution in [1.82, 2.24) is 0 Å². The summed E-state index contributed by atoms with van der Waals surface area (Å²) in [4.78, 5) is 2.48. The lowest BCUT2D eigenvalue weighted by atomic mass is 9.94. The molecule has 0 amide bonds. The molecule has 3 aromatic heterocycles. The zero-order valence-electron chi connectivity index (χ0n) is 31.2. The molecule has 3 heterocycles. The average molecular weight is 776 g/mol. The predicted molar refractivity (Wildman–Crippen MR) is 250 cm³/mol. The molecule has 2 nitrogen and oxygen atoms in total. The molecule has 0 radical (unpaired) electrons. The molecule has 0 N–H and O–H groups in total. The van der Waals surface area contributed by atoms with Crippen molar-refractivity contribution < 1.29 is 4.42 Å². The summed E-state index contributed by atoms with van der Waals surface area (Å²) >= 11 is 3.76. The van der Waals surface area contributed by atoms with Gasteiger partial charge < -0.3 is 9.32 Å². The van der Waals surface area contributed by atoms with Gasteiger partial charge in [-0.3, -0.25) is 0 Å². The highest BCUT2D eigenvalue weighted by Gasteiger charge is 2.24. The molecule has 0 aliphatic heterocycles. The summed E-state index contributed by atoms with van der Waals surface area (Å²) in [5, 5.41) is 7.27. The molecule has 0 spiro atoms. The fourth-order valence-corrected chi connectivity index (χ4v) is 11.3. The van der Waals surface area contributed by atoms with E-state index in [2.05, 4.69) is 199 Å². The number of furan rings is 1. The van der Waals surface area contributed by atoms with Gasteiger partial charge in [-0.1, -0.05) is 146 Å². The minimum Gasteiger partial charge on any atom is -0.456 e. The summed E-state index contributed by atoms with van der Waals surface area (Å²) in [5.74, 6) is 0. The summed E-state index contributed by atoms with van der Waals surface area (Å²) in [5.41, 5.74) is 12.5. The largest absolute Gasteiger partial charge is 0.456 e. The van der Waals surface area contributed by atoms with Gasteiger partial charge in [0.25, 0.3) is 0 Å². The van der Waals surface area contributed by atoms with E-state index >= 15 is 0 Å². The third-order valence-electron chi connectivity index (χ3n) is 11.5. The predicted octanol–water partition coefficient (Wildman–Crippen LogP) is 16.8. The molecule has 58 heavy (non-hydrogen) atoms. The van der Waals surface area contributed by atoms with Crippen LogP contribution in [-0.2, 0) is 0 Å². The van der Waals surface area contributed by atoms with E-state index in [1.807, 2.05) is 28.7 Å². The van der Waals surface area contributed by atoms with Crippen LogP contribution in [0.3, 0.4) is 0 Å². The SMILES string of the molecule is c1ccc(-c2ccc(-c3ccccc3)c3c2sc2ccc(N(c4ccc5oc6ccccc6c5c4)c4ccc(-c5ccccc5)c5sc6ccccc6c45)cc23)cc1. The van der Waals surface area contributed by atoms with Crippen LogP contribution < -0.4 is 4.90 Å². The number of rotatable bonds is 6. The van der Waals surface area contributed by atoms with Crippen molar-refractivity contribution in [2.24, 2.45) is 0 Å². The maximum absolute atomic E-state index is 6.36. The minimum absolute atomic E-state index is 0.885. The van der Waals surface area contributed by atoms with Gasteiger partial charge in [-0.15, -0.1) is 22.7 Å². The smallest absolute Gasteiger partial charge is 0.135 e. The maximum Gasteiger partial charge on any atom is 0.135 e. The van der Waals surface area contributed by atoms with Crippen molar-refractivity contribution in [3.05, 3.63) is 200 Å². The molecule has 0 bridgehead atoms. The Balaban J connectivity index is 1.17. The second-order valence-electron chi connectivity index (χ2n) is 14.8. The number of hydrogen-bond acceptors (Lipinski definition) is 4. The van der Waals surface area contributed by atoms with E-state index in [0.717, 1.165) is 39.0 Å². The highest BCUT2D eigenvalue weighted by molar-refractivity contribution is 7.27. The first kappa shape index (κ1) is 33.2. The zero-order valence-corrected chi connectivity index (χ0v) is 32.9. The summed E-state index contributed by atoms with van der Waals surface area (Å²) in [7, 11) is 0. The van der Waals surface area contributed by atoms with Crippen LogP contribution in [-0.4, -0.2) is 0 Å². The van der Waals surface area contributed by atoms with Crippen molar-refractivity contribution >= 4 is 102 Å². The monoisotopic (exact) mass is 775 g/mol. The van der Waals surface area contributed by atoms with Crippen LogP contribution in [0.1, 0.15) is 0 Å². The molecule has 0 aliphatic carbocycles. The zero-order chi connectivity index (χ0) is 38.2. The van der Waals surface area contributed by atoms with Crippen LogP contribution in [0.25, 0.3) is 95.7 Å². The van der Waals surface area contributed by atoms with Crippen LogP contribution in [0.4, 0.5) is 17.1 Å². The topological polar surface area (TPSA) is 16.4 Å². The average Bonchev–Trinajstić information content (AvgIpc) is 3.99. The molecule has 0 saturated heterocycles. The van der Waals surface area contributed by atoms with Gasteiger partial charge in [-0.05, 0) is 88.0 Å². The highest BCUT2D eigenvalue weighted by Crippen LogP contribution is 2.51. The molecular formula is C54H33NOS2. The van der Waals surface area contributed by atoms with Crippen LogP contribution in [0, 0.1) is 0 Å². The van der Waals surface area contributed by atoms with Gasteiger partial charge in [-0.2, -0.15) is 0 Å². The normalized spacial score (nSPS) is 11.8. The molecule has 0 fully saturated rings. The molecule has 12 rings (SSSR count). The number of benzene rings is 9. The van der Waals surface area contributed by atoms with Crippen molar-refractivity contribution in [2.45, 2.75) is 0 Å². The summed E-state index contributed by atoms with van der Waals surface area (Å²) < 4.78 is 11.5. The summed E-state index contributed by atoms with van der Waals surface area (Å²) in [6.07, 6.45) is 0. The Bertz CT molecular complexity index is 3510. The van der Waals surface area contributed by atoms with E-state index in [-0.39, 0.29) is 0 Å². The highest BCUT2D eigenvalue weighted by atomic mass is 32.1. The second-order valence-corrected chi connectivity index (χ2v) is 16.9. The van der Waals surface area contributed by atoms with Crippen LogP contribution in [0.5, 0.6) is 0 Å². The molecule has 272 valence electrons. The Labute approximate surface area is 343 Å². The van der Waals surface area contributed by atoms with Crippen molar-refractivity contribution in [1.29, 1.82) is 0 Å². The number of hydrogen-bond donors (Lipinski definition) is 0. The van der Waals surface area contributed by atoms with E-state index in [0.29, 0.717) is 0 Å². The Morgan fingerprint density at radius 2 is 0.845 bits per heavy atom. The molecule has 9 aromatic carbocycles. The Hall–Kier alpha value is -6.98. The lowest BCUT2D eigenvalue weighted by Crippen LogP contribution is -2.10. The lowest BCUT2D eigenvalue weighted by Gasteiger charge is -2.27. The van der Waals surface area contributed by atoms with E-state index in [9.17, 15) is 0 Å². The van der Waals surface area contributed by atoms with Gasteiger partial charge in [0.15, 0.2) is 0 Å². The minimum atomic E-state index is 0.885. The van der Waals surface area contributed by atoms with Crippen LogP contribution >= 0.6 is 22.7 Å². The van der Waals surface area contributed by atoms with Gasteiger partial charge >= 0.3 is 0 Å². The molecular weight excluding hydrogens is 743 g/mol. The number of anilines is 3. The van der Waals surface area contributed by atoms with Gasteiger partial charge in [0.05, 0.1) is 5.69 Å². The van der Waals surface area contributed by atoms with E-state index in [4.69, 9.17) is 4.42 Å². The van der Waals surface area contributed by atoms with Gasteiger partial charge in [0.1, 0.15) is 11.2 Å². The van der Waals surface area contributed by atoms with Crippen molar-refractivity contribution in [3.63, 3.8) is 0 Å². The van der Waals surface area contributed by atoms with Crippen molar-refractivity contribution in [2.75, 3.05) is 4.90 Å². The molecule has 0 atom stereocenters. The second kappa shape index (κ2) is 13.3. The summed E-state index contributed by atoms with van der Waals surface area (Å²) in [6.45, 7) is 0. The van der Waals surface area contributed by atoms with E-state index in [1.54, 1.807) is 0 Å². The molecule has 0 aliphatic rings. The first-order valence-electron chi connectivity index (χ1n) is 19.6. The van der Waals surface area contributed by atoms with Gasteiger partial charge in [-0.25, -0.2) is 0 Å². The third-order valence-corrected chi connectivity index (χ3v) is 13.9. The molecule has 0 unspecified atom stereocenters. The Kier molecular flexibility index (Phi) is 7.62. The van der Waals surface area contributed by atoms with E-state index < -0.39 is 0 Å². The Morgan fingerprint density at radius 3 is 1.55 bits per heavy atom. The third kappa shape index (κ3) is 5.23. The standard InChI is InChI=1S/C54H33NOS2/c1-4-14-34(15-5-1)39-26-27-40(35-16-6-2-7-17-35)53-51(39)45-33-38(25-31-50(45)58-53)55(37-24-30-48-44(32-37)42-20-10-12-22-47(42)56-48)46-29-28-41(36-18-8-3-9-19-36)54-52(46)43-21-11-13-23-49(43)57-54/h1-33H. The summed E-state index contributed by atoms with van der Waals surface area (Å²) in [6, 6.07) is 72.6.